The van der Waals surface area contributed by atoms with Crippen molar-refractivity contribution in [3.8, 4) is 0 Å². The van der Waals surface area contributed by atoms with Crippen molar-refractivity contribution in [2.24, 2.45) is 0 Å². The maximum absolute atomic E-state index is 11.3. The quantitative estimate of drug-likeness (QED) is 0.627. The van der Waals surface area contributed by atoms with Crippen molar-refractivity contribution < 1.29 is 9.53 Å². The standard InChI is InChI=1S/C8H7IN2O2/c1-10-7-6-4(3-13-8(6)12)5(9)2-11-7/h2H,3H2,1H3,(H,10,11). The minimum Gasteiger partial charge on any atom is -0.457 e. The van der Waals surface area contributed by atoms with E-state index in [0.717, 1.165) is 9.13 Å². The third kappa shape index (κ3) is 1.27. The number of hydrogen-bond donors (Lipinski definition) is 1. The van der Waals surface area contributed by atoms with Gasteiger partial charge < -0.3 is 10.1 Å². The highest BCUT2D eigenvalue weighted by atomic mass is 127. The summed E-state index contributed by atoms with van der Waals surface area (Å²) >= 11 is 2.15. The molecule has 1 aliphatic heterocycles. The number of fused-ring (bicyclic) bond motifs is 1. The van der Waals surface area contributed by atoms with Crippen molar-refractivity contribution in [3.63, 3.8) is 0 Å². The van der Waals surface area contributed by atoms with Gasteiger partial charge in [0.15, 0.2) is 0 Å². The molecule has 5 heteroatoms. The number of nitrogens with zero attached hydrogens (tertiary/aromatic N) is 1. The molecule has 2 rings (SSSR count). The van der Waals surface area contributed by atoms with Gasteiger partial charge in [0, 0.05) is 22.4 Å². The average molecular weight is 290 g/mol. The number of anilines is 1. The predicted octanol–water partition coefficient (Wildman–Crippen LogP) is 1.40. The van der Waals surface area contributed by atoms with E-state index in [-0.39, 0.29) is 5.97 Å². The Labute approximate surface area is 88.8 Å². The van der Waals surface area contributed by atoms with Gasteiger partial charge in [0.2, 0.25) is 0 Å². The van der Waals surface area contributed by atoms with Crippen molar-refractivity contribution in [1.82, 2.24) is 4.98 Å². The molecule has 0 aromatic carbocycles. The molecule has 1 aliphatic rings. The maximum Gasteiger partial charge on any atom is 0.342 e. The number of carbonyl (C=O) groups excluding carboxylic acids is 1. The minimum atomic E-state index is -0.287. The number of aromatic nitrogens is 1. The molecule has 0 saturated heterocycles. The van der Waals surface area contributed by atoms with E-state index < -0.39 is 0 Å². The first-order valence-corrected chi connectivity index (χ1v) is 4.84. The number of nitrogens with one attached hydrogen (secondary N) is 1. The van der Waals surface area contributed by atoms with Crippen LogP contribution in [-0.4, -0.2) is 18.0 Å². The van der Waals surface area contributed by atoms with Gasteiger partial charge in [-0.2, -0.15) is 0 Å². The largest absolute Gasteiger partial charge is 0.457 e. The second-order valence-corrected chi connectivity index (χ2v) is 3.80. The fourth-order valence-electron chi connectivity index (χ4n) is 1.29. The molecule has 0 radical (unpaired) electrons. The van der Waals surface area contributed by atoms with Crippen LogP contribution >= 0.6 is 22.6 Å². The number of cyclic esters (lactones) is 1. The number of ether oxygens (including phenoxy) is 1. The molecular formula is C8H7IN2O2. The lowest BCUT2D eigenvalue weighted by molar-refractivity contribution is 0.0535. The molecule has 0 unspecified atom stereocenters. The van der Waals surface area contributed by atoms with Crippen molar-refractivity contribution in [2.45, 2.75) is 6.61 Å². The van der Waals surface area contributed by atoms with Gasteiger partial charge in [-0.1, -0.05) is 0 Å². The molecule has 4 nitrogen and oxygen atoms in total. The lowest BCUT2D eigenvalue weighted by Crippen LogP contribution is -2.03. The zero-order chi connectivity index (χ0) is 9.42. The van der Waals surface area contributed by atoms with Gasteiger partial charge in [-0.05, 0) is 22.6 Å². The first kappa shape index (κ1) is 8.74. The third-order valence-corrected chi connectivity index (χ3v) is 2.85. The summed E-state index contributed by atoms with van der Waals surface area (Å²) in [5.74, 6) is 0.309. The molecule has 0 amide bonds. The van der Waals surface area contributed by atoms with Gasteiger partial charge in [0.1, 0.15) is 18.0 Å². The Morgan fingerprint density at radius 1 is 1.69 bits per heavy atom. The molecule has 0 aliphatic carbocycles. The number of hydrogen-bond acceptors (Lipinski definition) is 4. The molecule has 0 bridgehead atoms. The number of rotatable bonds is 1. The highest BCUT2D eigenvalue weighted by Gasteiger charge is 2.27. The predicted molar refractivity (Wildman–Crippen MR) is 55.6 cm³/mol. The molecule has 1 aromatic rings. The van der Waals surface area contributed by atoms with Gasteiger partial charge in [0.05, 0.1) is 0 Å². The van der Waals surface area contributed by atoms with Crippen LogP contribution in [0.5, 0.6) is 0 Å². The molecule has 0 fully saturated rings. The minimum absolute atomic E-state index is 0.287. The lowest BCUT2D eigenvalue weighted by atomic mass is 10.1. The summed E-state index contributed by atoms with van der Waals surface area (Å²) in [6, 6.07) is 0. The van der Waals surface area contributed by atoms with Crippen molar-refractivity contribution in [3.05, 3.63) is 20.9 Å². The smallest absolute Gasteiger partial charge is 0.342 e. The highest BCUT2D eigenvalue weighted by molar-refractivity contribution is 14.1. The Bertz CT molecular complexity index is 379. The highest BCUT2D eigenvalue weighted by Crippen LogP contribution is 2.28. The molecule has 13 heavy (non-hydrogen) atoms. The van der Waals surface area contributed by atoms with E-state index in [2.05, 4.69) is 32.9 Å². The van der Waals surface area contributed by atoms with Crippen LogP contribution in [0, 0.1) is 3.57 Å². The maximum atomic E-state index is 11.3. The average Bonchev–Trinajstić information content (AvgIpc) is 2.51. The van der Waals surface area contributed by atoms with Crippen LogP contribution in [0.3, 0.4) is 0 Å². The summed E-state index contributed by atoms with van der Waals surface area (Å²) in [6.07, 6.45) is 1.73. The van der Waals surface area contributed by atoms with Crippen molar-refractivity contribution in [1.29, 1.82) is 0 Å². The second-order valence-electron chi connectivity index (χ2n) is 2.63. The zero-order valence-electron chi connectivity index (χ0n) is 6.93. The van der Waals surface area contributed by atoms with Crippen LogP contribution in [0.4, 0.5) is 5.82 Å². The number of halogens is 1. The molecule has 1 aromatic heterocycles. The molecule has 1 N–H and O–H groups in total. The van der Waals surface area contributed by atoms with Gasteiger partial charge >= 0.3 is 5.97 Å². The van der Waals surface area contributed by atoms with E-state index in [1.165, 1.54) is 0 Å². The van der Waals surface area contributed by atoms with Crippen LogP contribution in [0.15, 0.2) is 6.20 Å². The fourth-order valence-corrected chi connectivity index (χ4v) is 1.85. The van der Waals surface area contributed by atoms with Gasteiger partial charge in [0.25, 0.3) is 0 Å². The van der Waals surface area contributed by atoms with E-state index in [0.29, 0.717) is 18.0 Å². The number of carbonyl (C=O) groups is 1. The molecule has 68 valence electrons. The summed E-state index contributed by atoms with van der Waals surface area (Å²) < 4.78 is 5.89. The van der Waals surface area contributed by atoms with Crippen molar-refractivity contribution >= 4 is 34.4 Å². The Morgan fingerprint density at radius 3 is 3.15 bits per heavy atom. The normalized spacial score (nSPS) is 13.8. The van der Waals surface area contributed by atoms with Crippen LogP contribution in [0.1, 0.15) is 15.9 Å². The van der Waals surface area contributed by atoms with E-state index in [1.54, 1.807) is 13.2 Å². The molecule has 0 spiro atoms. The summed E-state index contributed by atoms with van der Waals surface area (Å²) in [6.45, 7) is 0.365. The molecule has 0 atom stereocenters. The first-order chi connectivity index (χ1) is 6.24. The Morgan fingerprint density at radius 2 is 2.46 bits per heavy atom. The fraction of sp³-hybridized carbons (Fsp3) is 0.250. The summed E-state index contributed by atoms with van der Waals surface area (Å²) in [5.41, 5.74) is 1.51. The lowest BCUT2D eigenvalue weighted by Gasteiger charge is -2.03. The number of pyridine rings is 1. The first-order valence-electron chi connectivity index (χ1n) is 3.76. The van der Waals surface area contributed by atoms with Crippen LogP contribution in [0.2, 0.25) is 0 Å². The van der Waals surface area contributed by atoms with Gasteiger partial charge in [-0.25, -0.2) is 9.78 Å². The Balaban J connectivity index is 2.66. The van der Waals surface area contributed by atoms with E-state index in [9.17, 15) is 4.79 Å². The van der Waals surface area contributed by atoms with E-state index in [4.69, 9.17) is 4.74 Å². The van der Waals surface area contributed by atoms with Crippen LogP contribution < -0.4 is 5.32 Å². The Hall–Kier alpha value is -0.850. The topological polar surface area (TPSA) is 51.2 Å². The van der Waals surface area contributed by atoms with E-state index >= 15 is 0 Å². The zero-order valence-corrected chi connectivity index (χ0v) is 9.08. The van der Waals surface area contributed by atoms with Gasteiger partial charge in [-0.3, -0.25) is 0 Å². The van der Waals surface area contributed by atoms with E-state index in [1.807, 2.05) is 0 Å². The molecule has 0 saturated carbocycles. The molecular weight excluding hydrogens is 283 g/mol. The Kier molecular flexibility index (Phi) is 2.10. The SMILES string of the molecule is CNc1ncc(I)c2c1C(=O)OC2. The molecule has 2 heterocycles. The van der Waals surface area contributed by atoms with Crippen molar-refractivity contribution in [2.75, 3.05) is 12.4 Å². The summed E-state index contributed by atoms with van der Waals surface area (Å²) in [7, 11) is 1.74. The van der Waals surface area contributed by atoms with Gasteiger partial charge in [-0.15, -0.1) is 0 Å². The second kappa shape index (κ2) is 3.13. The summed E-state index contributed by atoms with van der Waals surface area (Å²) in [4.78, 5) is 15.4. The summed E-state index contributed by atoms with van der Waals surface area (Å²) in [5, 5.41) is 2.87. The van der Waals surface area contributed by atoms with Crippen LogP contribution in [0.25, 0.3) is 0 Å². The third-order valence-electron chi connectivity index (χ3n) is 1.92. The monoisotopic (exact) mass is 290 g/mol. The number of esters is 1. The van der Waals surface area contributed by atoms with Crippen LogP contribution in [-0.2, 0) is 11.3 Å².